The van der Waals surface area contributed by atoms with E-state index >= 15 is 0 Å². The molecular weight excluding hydrogens is 396 g/mol. The molecule has 2 fully saturated rings. The van der Waals surface area contributed by atoms with E-state index in [4.69, 9.17) is 0 Å². The van der Waals surface area contributed by atoms with Gasteiger partial charge in [-0.1, -0.05) is 34.5 Å². The molecule has 0 spiro atoms. The average molecular weight is 423 g/mol. The summed E-state index contributed by atoms with van der Waals surface area (Å²) in [5, 5.41) is 9.39. The van der Waals surface area contributed by atoms with Crippen LogP contribution in [0.3, 0.4) is 0 Å². The topological polar surface area (TPSA) is 73.5 Å². The van der Waals surface area contributed by atoms with E-state index in [-0.39, 0.29) is 18.0 Å². The molecule has 1 aromatic rings. The first kappa shape index (κ1) is 19.2. The molecule has 0 saturated carbocycles. The third-order valence-electron chi connectivity index (χ3n) is 5.08. The molecule has 7 heteroatoms. The number of carbonyl (C=O) groups is 2. The van der Waals surface area contributed by atoms with Crippen molar-refractivity contribution in [3.63, 3.8) is 0 Å². The Labute approximate surface area is 163 Å². The number of piperidine rings is 1. The fraction of sp³-hybridized carbons (Fsp3) is 0.579. The Bertz CT molecular complexity index is 634. The number of benzene rings is 1. The molecule has 0 aromatic heterocycles. The standard InChI is InChI=1S/C19H27BrN4O2/c20-15-6-3-5-14(11-15)12-23-19(26)24-10-4-8-17(24)18(25)22-13-16-7-1-2-9-21-16/h3,5-6,11,16-17,21H,1-2,4,7-10,12-13H2,(H,22,25)(H,23,26)/t16-,17+/m1/s1. The van der Waals surface area contributed by atoms with Gasteiger partial charge in [-0.3, -0.25) is 4.79 Å². The summed E-state index contributed by atoms with van der Waals surface area (Å²) in [7, 11) is 0. The van der Waals surface area contributed by atoms with Crippen LogP contribution in [0.25, 0.3) is 0 Å². The van der Waals surface area contributed by atoms with Gasteiger partial charge in [-0.2, -0.15) is 0 Å². The van der Waals surface area contributed by atoms with Gasteiger partial charge >= 0.3 is 6.03 Å². The largest absolute Gasteiger partial charge is 0.353 e. The van der Waals surface area contributed by atoms with E-state index in [1.54, 1.807) is 4.90 Å². The van der Waals surface area contributed by atoms with E-state index < -0.39 is 0 Å². The minimum atomic E-state index is -0.360. The zero-order chi connectivity index (χ0) is 18.4. The molecule has 6 nitrogen and oxygen atoms in total. The molecule has 0 radical (unpaired) electrons. The van der Waals surface area contributed by atoms with Gasteiger partial charge in [0.15, 0.2) is 0 Å². The molecule has 1 aromatic carbocycles. The van der Waals surface area contributed by atoms with E-state index in [0.717, 1.165) is 35.8 Å². The molecule has 142 valence electrons. The lowest BCUT2D eigenvalue weighted by molar-refractivity contribution is -0.124. The lowest BCUT2D eigenvalue weighted by Gasteiger charge is -2.27. The van der Waals surface area contributed by atoms with Crippen LogP contribution in [0.4, 0.5) is 4.79 Å². The predicted octanol–water partition coefficient (Wildman–Crippen LogP) is 2.38. The fourth-order valence-corrected chi connectivity index (χ4v) is 4.09. The number of nitrogens with one attached hydrogen (secondary N) is 3. The van der Waals surface area contributed by atoms with Gasteiger partial charge in [0.25, 0.3) is 0 Å². The number of hydrogen-bond donors (Lipinski definition) is 3. The van der Waals surface area contributed by atoms with Crippen LogP contribution >= 0.6 is 15.9 Å². The number of hydrogen-bond acceptors (Lipinski definition) is 3. The van der Waals surface area contributed by atoms with Gasteiger partial charge < -0.3 is 20.9 Å². The van der Waals surface area contributed by atoms with Crippen LogP contribution in [-0.4, -0.2) is 48.6 Å². The second-order valence-corrected chi connectivity index (χ2v) is 7.95. The molecule has 2 aliphatic heterocycles. The Morgan fingerprint density at radius 3 is 2.85 bits per heavy atom. The number of likely N-dealkylation sites (tertiary alicyclic amines) is 1. The maximum absolute atomic E-state index is 12.6. The normalized spacial score (nSPS) is 22.9. The number of halogens is 1. The van der Waals surface area contributed by atoms with Crippen LogP contribution < -0.4 is 16.0 Å². The smallest absolute Gasteiger partial charge is 0.318 e. The minimum Gasteiger partial charge on any atom is -0.353 e. The third-order valence-corrected chi connectivity index (χ3v) is 5.58. The van der Waals surface area contributed by atoms with Crippen molar-refractivity contribution in [2.24, 2.45) is 0 Å². The third kappa shape index (κ3) is 5.20. The second kappa shape index (κ2) is 9.37. The van der Waals surface area contributed by atoms with Crippen LogP contribution in [0.15, 0.2) is 28.7 Å². The molecule has 2 atom stereocenters. The Kier molecular flexibility index (Phi) is 6.91. The highest BCUT2D eigenvalue weighted by Crippen LogP contribution is 2.18. The summed E-state index contributed by atoms with van der Waals surface area (Å²) in [5.74, 6) is -0.0347. The Morgan fingerprint density at radius 1 is 1.19 bits per heavy atom. The van der Waals surface area contributed by atoms with E-state index in [1.807, 2.05) is 24.3 Å². The van der Waals surface area contributed by atoms with Crippen molar-refractivity contribution in [1.29, 1.82) is 0 Å². The van der Waals surface area contributed by atoms with Gasteiger partial charge in [-0.05, 0) is 49.9 Å². The summed E-state index contributed by atoms with van der Waals surface area (Å²) in [6.07, 6.45) is 5.11. The summed E-state index contributed by atoms with van der Waals surface area (Å²) in [4.78, 5) is 26.8. The number of carbonyl (C=O) groups excluding carboxylic acids is 2. The molecule has 2 saturated heterocycles. The molecule has 0 unspecified atom stereocenters. The van der Waals surface area contributed by atoms with Crippen molar-refractivity contribution in [1.82, 2.24) is 20.9 Å². The van der Waals surface area contributed by atoms with Crippen LogP contribution in [0.5, 0.6) is 0 Å². The number of rotatable bonds is 5. The molecule has 0 bridgehead atoms. The monoisotopic (exact) mass is 422 g/mol. The molecule has 3 amide bonds. The first-order valence-corrected chi connectivity index (χ1v) is 10.2. The first-order valence-electron chi connectivity index (χ1n) is 9.43. The van der Waals surface area contributed by atoms with E-state index in [2.05, 4.69) is 31.9 Å². The zero-order valence-corrected chi connectivity index (χ0v) is 16.6. The van der Waals surface area contributed by atoms with Crippen LogP contribution in [0, 0.1) is 0 Å². The van der Waals surface area contributed by atoms with Gasteiger partial charge in [0, 0.05) is 30.1 Å². The summed E-state index contributed by atoms with van der Waals surface area (Å²) < 4.78 is 0.985. The lowest BCUT2D eigenvalue weighted by Crippen LogP contribution is -2.52. The molecule has 3 rings (SSSR count). The SMILES string of the molecule is O=C(NC[C@H]1CCCCN1)[C@@H]1CCCN1C(=O)NCc1cccc(Br)c1. The predicted molar refractivity (Wildman–Crippen MR) is 105 cm³/mol. The van der Waals surface area contributed by atoms with Crippen LogP contribution in [-0.2, 0) is 11.3 Å². The molecule has 0 aliphatic carbocycles. The van der Waals surface area contributed by atoms with Gasteiger partial charge in [-0.15, -0.1) is 0 Å². The van der Waals surface area contributed by atoms with Crippen molar-refractivity contribution >= 4 is 27.9 Å². The molecule has 26 heavy (non-hydrogen) atoms. The summed E-state index contributed by atoms with van der Waals surface area (Å²) in [6.45, 7) is 2.75. The first-order chi connectivity index (χ1) is 12.6. The summed E-state index contributed by atoms with van der Waals surface area (Å²) in [5.41, 5.74) is 1.02. The van der Waals surface area contributed by atoms with Crippen LogP contribution in [0.2, 0.25) is 0 Å². The molecule has 2 heterocycles. The van der Waals surface area contributed by atoms with E-state index in [9.17, 15) is 9.59 Å². The van der Waals surface area contributed by atoms with Gasteiger partial charge in [-0.25, -0.2) is 4.79 Å². The molecular formula is C19H27BrN4O2. The maximum Gasteiger partial charge on any atom is 0.318 e. The summed E-state index contributed by atoms with van der Waals surface area (Å²) in [6, 6.07) is 7.67. The van der Waals surface area contributed by atoms with Crippen molar-refractivity contribution < 1.29 is 9.59 Å². The highest BCUT2D eigenvalue weighted by molar-refractivity contribution is 9.10. The molecule has 3 N–H and O–H groups in total. The number of nitrogens with zero attached hydrogens (tertiary/aromatic N) is 1. The number of amides is 3. The van der Waals surface area contributed by atoms with Gasteiger partial charge in [0.1, 0.15) is 6.04 Å². The fourth-order valence-electron chi connectivity index (χ4n) is 3.65. The van der Waals surface area contributed by atoms with Gasteiger partial charge in [0.2, 0.25) is 5.91 Å². The van der Waals surface area contributed by atoms with E-state index in [1.165, 1.54) is 12.8 Å². The van der Waals surface area contributed by atoms with Crippen molar-refractivity contribution in [2.45, 2.75) is 50.7 Å². The van der Waals surface area contributed by atoms with Crippen molar-refractivity contribution in [3.05, 3.63) is 34.3 Å². The molecule has 2 aliphatic rings. The minimum absolute atomic E-state index is 0.0347. The zero-order valence-electron chi connectivity index (χ0n) is 15.0. The Hall–Kier alpha value is -1.60. The lowest BCUT2D eigenvalue weighted by atomic mass is 10.0. The second-order valence-electron chi connectivity index (χ2n) is 7.03. The van der Waals surface area contributed by atoms with Gasteiger partial charge in [0.05, 0.1) is 0 Å². The van der Waals surface area contributed by atoms with Crippen molar-refractivity contribution in [2.75, 3.05) is 19.6 Å². The Morgan fingerprint density at radius 2 is 2.08 bits per heavy atom. The quantitative estimate of drug-likeness (QED) is 0.681. The number of urea groups is 1. The summed E-state index contributed by atoms with van der Waals surface area (Å²) >= 11 is 3.43. The average Bonchev–Trinajstić information content (AvgIpc) is 3.15. The van der Waals surface area contributed by atoms with Crippen molar-refractivity contribution in [3.8, 4) is 0 Å². The highest BCUT2D eigenvalue weighted by Gasteiger charge is 2.34. The Balaban J connectivity index is 1.48. The maximum atomic E-state index is 12.6. The van der Waals surface area contributed by atoms with E-state index in [0.29, 0.717) is 25.7 Å². The highest BCUT2D eigenvalue weighted by atomic mass is 79.9. The van der Waals surface area contributed by atoms with Crippen LogP contribution in [0.1, 0.15) is 37.7 Å².